The van der Waals surface area contributed by atoms with Crippen molar-refractivity contribution in [2.45, 2.75) is 32.9 Å². The standard InChI is InChI=1S/C18H22IN5O4/c1-18(2,3)28-17(27)24(4)9-10-6-5-7-11(14(10)25)22-16(26)13-15(20)21-8-12(19)23-13/h5-8,25H,9H2,1-4H3,(H2,20,21)(H,22,26). The number of aromatic nitrogens is 2. The summed E-state index contributed by atoms with van der Waals surface area (Å²) in [6.45, 7) is 5.40. The molecule has 0 unspecified atom stereocenters. The number of phenolic OH excluding ortho intramolecular Hbond substituents is 1. The molecule has 10 heteroatoms. The molecule has 0 bridgehead atoms. The molecule has 2 rings (SSSR count). The van der Waals surface area contributed by atoms with Gasteiger partial charge in [-0.25, -0.2) is 14.8 Å². The van der Waals surface area contributed by atoms with Crippen molar-refractivity contribution in [1.29, 1.82) is 0 Å². The number of hydrogen-bond donors (Lipinski definition) is 3. The van der Waals surface area contributed by atoms with E-state index in [-0.39, 0.29) is 29.5 Å². The summed E-state index contributed by atoms with van der Waals surface area (Å²) in [5.41, 5.74) is 5.64. The summed E-state index contributed by atoms with van der Waals surface area (Å²) in [6, 6.07) is 4.82. The summed E-state index contributed by atoms with van der Waals surface area (Å²) in [5, 5.41) is 13.1. The van der Waals surface area contributed by atoms with Crippen molar-refractivity contribution in [3.05, 3.63) is 39.4 Å². The Hall–Kier alpha value is -2.63. The number of halogens is 1. The molecule has 0 spiro atoms. The van der Waals surface area contributed by atoms with Crippen LogP contribution in [-0.4, -0.2) is 44.6 Å². The van der Waals surface area contributed by atoms with Crippen LogP contribution in [0.5, 0.6) is 5.75 Å². The number of ether oxygens (including phenoxy) is 1. The fourth-order valence-electron chi connectivity index (χ4n) is 2.21. The number of aromatic hydroxyl groups is 1. The Morgan fingerprint density at radius 1 is 1.36 bits per heavy atom. The quantitative estimate of drug-likeness (QED) is 0.436. The highest BCUT2D eigenvalue weighted by atomic mass is 127. The Morgan fingerprint density at radius 3 is 2.68 bits per heavy atom. The molecule has 28 heavy (non-hydrogen) atoms. The lowest BCUT2D eigenvalue weighted by Gasteiger charge is -2.25. The van der Waals surface area contributed by atoms with Crippen LogP contribution in [0.2, 0.25) is 0 Å². The van der Waals surface area contributed by atoms with Crippen LogP contribution >= 0.6 is 22.6 Å². The van der Waals surface area contributed by atoms with Crippen molar-refractivity contribution in [2.24, 2.45) is 0 Å². The zero-order chi connectivity index (χ0) is 21.1. The number of nitrogens with zero attached hydrogens (tertiary/aromatic N) is 3. The van der Waals surface area contributed by atoms with Crippen LogP contribution in [0.15, 0.2) is 24.4 Å². The Morgan fingerprint density at radius 2 is 2.04 bits per heavy atom. The summed E-state index contributed by atoms with van der Waals surface area (Å²) >= 11 is 1.92. The van der Waals surface area contributed by atoms with Gasteiger partial charge in [0.15, 0.2) is 11.5 Å². The third kappa shape index (κ3) is 5.68. The van der Waals surface area contributed by atoms with Gasteiger partial charge < -0.3 is 25.8 Å². The molecule has 0 saturated heterocycles. The third-order valence-electron chi connectivity index (χ3n) is 3.47. The zero-order valence-electron chi connectivity index (χ0n) is 16.0. The number of nitrogen functional groups attached to an aromatic ring is 1. The Balaban J connectivity index is 2.17. The van der Waals surface area contributed by atoms with E-state index in [2.05, 4.69) is 15.3 Å². The van der Waals surface area contributed by atoms with E-state index >= 15 is 0 Å². The largest absolute Gasteiger partial charge is 0.505 e. The molecule has 2 amide bonds. The highest BCUT2D eigenvalue weighted by molar-refractivity contribution is 14.1. The molecule has 0 aliphatic carbocycles. The lowest BCUT2D eigenvalue weighted by atomic mass is 10.1. The van der Waals surface area contributed by atoms with Crippen LogP contribution in [0, 0.1) is 3.70 Å². The van der Waals surface area contributed by atoms with Gasteiger partial charge in [0, 0.05) is 12.6 Å². The van der Waals surface area contributed by atoms with Gasteiger partial charge in [0.25, 0.3) is 5.91 Å². The average molecular weight is 499 g/mol. The number of hydrogen-bond acceptors (Lipinski definition) is 7. The molecule has 0 aliphatic heterocycles. The van der Waals surface area contributed by atoms with Crippen LogP contribution in [0.25, 0.3) is 0 Å². The minimum atomic E-state index is -0.628. The predicted molar refractivity (Wildman–Crippen MR) is 113 cm³/mol. The normalized spacial score (nSPS) is 11.0. The second kappa shape index (κ2) is 8.59. The van der Waals surface area contributed by atoms with Crippen LogP contribution in [0.4, 0.5) is 16.3 Å². The van der Waals surface area contributed by atoms with E-state index < -0.39 is 17.6 Å². The molecule has 2 aromatic rings. The summed E-state index contributed by atoms with van der Waals surface area (Å²) < 4.78 is 5.80. The second-order valence-corrected chi connectivity index (χ2v) is 8.14. The van der Waals surface area contributed by atoms with E-state index in [9.17, 15) is 14.7 Å². The molecular formula is C18H22IN5O4. The number of para-hydroxylation sites is 1. The van der Waals surface area contributed by atoms with E-state index in [1.54, 1.807) is 40.0 Å². The minimum Gasteiger partial charge on any atom is -0.505 e. The minimum absolute atomic E-state index is 0.0155. The Kier molecular flexibility index (Phi) is 6.65. The zero-order valence-corrected chi connectivity index (χ0v) is 18.1. The fourth-order valence-corrected chi connectivity index (χ4v) is 2.59. The number of rotatable bonds is 4. The SMILES string of the molecule is CN(Cc1cccc(NC(=O)c2nc(I)cnc2N)c1O)C(=O)OC(C)(C)C. The number of carbonyl (C=O) groups excluding carboxylic acids is 2. The lowest BCUT2D eigenvalue weighted by molar-refractivity contribution is 0.0284. The smallest absolute Gasteiger partial charge is 0.410 e. The van der Waals surface area contributed by atoms with Gasteiger partial charge in [-0.05, 0) is 49.4 Å². The van der Waals surface area contributed by atoms with E-state index in [0.29, 0.717) is 9.26 Å². The average Bonchev–Trinajstić information content (AvgIpc) is 2.58. The van der Waals surface area contributed by atoms with Crippen molar-refractivity contribution in [3.63, 3.8) is 0 Å². The van der Waals surface area contributed by atoms with Crippen LogP contribution in [0.1, 0.15) is 36.8 Å². The van der Waals surface area contributed by atoms with Crippen molar-refractivity contribution in [2.75, 3.05) is 18.1 Å². The number of benzene rings is 1. The van der Waals surface area contributed by atoms with Gasteiger partial charge in [-0.2, -0.15) is 0 Å². The molecule has 0 radical (unpaired) electrons. The van der Waals surface area contributed by atoms with Gasteiger partial charge in [0.05, 0.1) is 18.4 Å². The first-order valence-electron chi connectivity index (χ1n) is 8.32. The molecule has 150 valence electrons. The van der Waals surface area contributed by atoms with Crippen LogP contribution in [0.3, 0.4) is 0 Å². The lowest BCUT2D eigenvalue weighted by Crippen LogP contribution is -2.33. The fraction of sp³-hybridized carbons (Fsp3) is 0.333. The summed E-state index contributed by atoms with van der Waals surface area (Å²) in [6.07, 6.45) is 0.917. The maximum Gasteiger partial charge on any atom is 0.410 e. The molecule has 0 aliphatic rings. The first-order chi connectivity index (χ1) is 13.0. The van der Waals surface area contributed by atoms with E-state index in [1.165, 1.54) is 17.2 Å². The van der Waals surface area contributed by atoms with Gasteiger partial charge >= 0.3 is 6.09 Å². The molecule has 1 heterocycles. The van der Waals surface area contributed by atoms with Crippen molar-refractivity contribution < 1.29 is 19.4 Å². The van der Waals surface area contributed by atoms with Gasteiger partial charge in [-0.15, -0.1) is 0 Å². The summed E-state index contributed by atoms with van der Waals surface area (Å²) in [4.78, 5) is 33.8. The maximum atomic E-state index is 12.4. The Labute approximate surface area is 176 Å². The van der Waals surface area contributed by atoms with Crippen molar-refractivity contribution in [1.82, 2.24) is 14.9 Å². The van der Waals surface area contributed by atoms with Crippen molar-refractivity contribution >= 4 is 46.1 Å². The van der Waals surface area contributed by atoms with Crippen LogP contribution < -0.4 is 11.1 Å². The number of carbonyl (C=O) groups is 2. The van der Waals surface area contributed by atoms with Gasteiger partial charge in [-0.1, -0.05) is 12.1 Å². The van der Waals surface area contributed by atoms with Crippen molar-refractivity contribution in [3.8, 4) is 5.75 Å². The van der Waals surface area contributed by atoms with E-state index in [1.807, 2.05) is 22.6 Å². The topological polar surface area (TPSA) is 131 Å². The third-order valence-corrected chi connectivity index (χ3v) is 3.99. The van der Waals surface area contributed by atoms with Crippen LogP contribution in [-0.2, 0) is 11.3 Å². The highest BCUT2D eigenvalue weighted by Crippen LogP contribution is 2.29. The predicted octanol–water partition coefficient (Wildman–Crippen LogP) is 2.99. The second-order valence-electron chi connectivity index (χ2n) is 7.03. The monoisotopic (exact) mass is 499 g/mol. The molecule has 0 saturated carbocycles. The number of amides is 2. The molecular weight excluding hydrogens is 477 g/mol. The molecule has 1 aromatic carbocycles. The number of nitrogens with two attached hydrogens (primary N) is 1. The summed E-state index contributed by atoms with van der Waals surface area (Å²) in [5.74, 6) is -0.780. The first-order valence-corrected chi connectivity index (χ1v) is 9.40. The number of phenols is 1. The molecule has 0 atom stereocenters. The van der Waals surface area contributed by atoms with Gasteiger partial charge in [0.1, 0.15) is 15.1 Å². The Bertz CT molecular complexity index is 898. The number of anilines is 2. The maximum absolute atomic E-state index is 12.4. The molecule has 4 N–H and O–H groups in total. The molecule has 0 fully saturated rings. The highest BCUT2D eigenvalue weighted by Gasteiger charge is 2.21. The summed E-state index contributed by atoms with van der Waals surface area (Å²) in [7, 11) is 1.56. The molecule has 9 nitrogen and oxygen atoms in total. The van der Waals surface area contributed by atoms with E-state index in [0.717, 1.165) is 0 Å². The van der Waals surface area contributed by atoms with Gasteiger partial charge in [-0.3, -0.25) is 4.79 Å². The van der Waals surface area contributed by atoms with Gasteiger partial charge in [0.2, 0.25) is 0 Å². The van der Waals surface area contributed by atoms with E-state index in [4.69, 9.17) is 10.5 Å². The molecule has 1 aromatic heterocycles. The number of nitrogens with one attached hydrogen (secondary N) is 1. The first kappa shape index (κ1) is 21.7.